The van der Waals surface area contributed by atoms with Gasteiger partial charge in [0, 0.05) is 44.6 Å². The van der Waals surface area contributed by atoms with Crippen LogP contribution >= 0.6 is 0 Å². The van der Waals surface area contributed by atoms with E-state index in [1.165, 1.54) is 0 Å². The van der Waals surface area contributed by atoms with Crippen LogP contribution in [0, 0.1) is 6.92 Å². The van der Waals surface area contributed by atoms with Crippen molar-refractivity contribution in [1.29, 1.82) is 0 Å². The van der Waals surface area contributed by atoms with Crippen LogP contribution in [0.4, 0.5) is 0 Å². The van der Waals surface area contributed by atoms with E-state index >= 15 is 0 Å². The molecule has 0 aliphatic carbocycles. The number of piperidine rings is 1. The molecule has 3 aromatic rings. The maximum atomic E-state index is 12.8. The van der Waals surface area contributed by atoms with Gasteiger partial charge in [0.1, 0.15) is 5.75 Å². The third-order valence-electron chi connectivity index (χ3n) is 4.98. The van der Waals surface area contributed by atoms with Crippen molar-refractivity contribution in [2.75, 3.05) is 13.1 Å². The highest BCUT2D eigenvalue weighted by molar-refractivity contribution is 5.90. The Bertz CT molecular complexity index is 984. The maximum Gasteiger partial charge on any atom is 0.289 e. The molecule has 1 fully saturated rings. The van der Waals surface area contributed by atoms with Gasteiger partial charge in [0.25, 0.3) is 5.91 Å². The number of aromatic nitrogens is 4. The van der Waals surface area contributed by atoms with Crippen molar-refractivity contribution in [3.63, 3.8) is 0 Å². The Hall–Kier alpha value is -3.22. The number of carbonyl (C=O) groups excluding carboxylic acids is 1. The van der Waals surface area contributed by atoms with E-state index in [-0.39, 0.29) is 11.8 Å². The first-order chi connectivity index (χ1) is 13.6. The van der Waals surface area contributed by atoms with E-state index in [1.807, 2.05) is 43.1 Å². The highest BCUT2D eigenvalue weighted by Gasteiger charge is 2.28. The molecule has 0 bridgehead atoms. The van der Waals surface area contributed by atoms with Gasteiger partial charge < -0.3 is 14.2 Å². The number of aryl methyl sites for hydroxylation is 2. The zero-order chi connectivity index (χ0) is 19.5. The summed E-state index contributed by atoms with van der Waals surface area (Å²) in [4.78, 5) is 27.8. The summed E-state index contributed by atoms with van der Waals surface area (Å²) < 4.78 is 7.62. The van der Waals surface area contributed by atoms with E-state index in [2.05, 4.69) is 15.0 Å². The Morgan fingerprint density at radius 1 is 1.29 bits per heavy atom. The standard InChI is InChI=1S/C21H23N5O2/c1-15-5-3-7-17(11-15)28-19-13-22-12-18(24-19)16-6-4-9-26(14-16)21(27)20-23-8-10-25(20)2/h3,5,7-8,10-13,16H,4,6,9,14H2,1-2H3. The van der Waals surface area contributed by atoms with Gasteiger partial charge in [-0.05, 0) is 37.5 Å². The Morgan fingerprint density at radius 3 is 2.96 bits per heavy atom. The fourth-order valence-corrected chi connectivity index (χ4v) is 3.52. The Morgan fingerprint density at radius 2 is 2.18 bits per heavy atom. The molecule has 3 heterocycles. The average Bonchev–Trinajstić information content (AvgIpc) is 3.14. The number of amides is 1. The summed E-state index contributed by atoms with van der Waals surface area (Å²) >= 11 is 0. The first-order valence-corrected chi connectivity index (χ1v) is 9.43. The van der Waals surface area contributed by atoms with Crippen LogP contribution in [-0.2, 0) is 7.05 Å². The fourth-order valence-electron chi connectivity index (χ4n) is 3.52. The first kappa shape index (κ1) is 18.2. The van der Waals surface area contributed by atoms with E-state index in [0.717, 1.165) is 36.4 Å². The van der Waals surface area contributed by atoms with Crippen LogP contribution in [0.3, 0.4) is 0 Å². The predicted octanol–water partition coefficient (Wildman–Crippen LogP) is 3.33. The molecule has 4 rings (SSSR count). The quantitative estimate of drug-likeness (QED) is 0.697. The number of benzene rings is 1. The molecule has 1 aliphatic rings. The predicted molar refractivity (Wildman–Crippen MR) is 104 cm³/mol. The third kappa shape index (κ3) is 3.88. The number of likely N-dealkylation sites (tertiary alicyclic amines) is 1. The Balaban J connectivity index is 1.49. The van der Waals surface area contributed by atoms with E-state index in [9.17, 15) is 4.79 Å². The third-order valence-corrected chi connectivity index (χ3v) is 4.98. The van der Waals surface area contributed by atoms with Gasteiger partial charge in [0.2, 0.25) is 5.88 Å². The fraction of sp³-hybridized carbons (Fsp3) is 0.333. The normalized spacial score (nSPS) is 16.8. The van der Waals surface area contributed by atoms with Crippen LogP contribution in [0.1, 0.15) is 40.6 Å². The van der Waals surface area contributed by atoms with Crippen molar-refractivity contribution in [3.05, 3.63) is 66.1 Å². The SMILES string of the molecule is Cc1cccc(Oc2cncc(C3CCCN(C(=O)c4nccn4C)C3)n2)c1. The summed E-state index contributed by atoms with van der Waals surface area (Å²) in [6, 6.07) is 7.83. The van der Waals surface area contributed by atoms with E-state index < -0.39 is 0 Å². The summed E-state index contributed by atoms with van der Waals surface area (Å²) in [7, 11) is 1.83. The van der Waals surface area contributed by atoms with Crippen molar-refractivity contribution in [3.8, 4) is 11.6 Å². The van der Waals surface area contributed by atoms with Gasteiger partial charge in [-0.15, -0.1) is 0 Å². The Kier molecular flexibility index (Phi) is 5.06. The molecule has 28 heavy (non-hydrogen) atoms. The lowest BCUT2D eigenvalue weighted by Gasteiger charge is -2.32. The monoisotopic (exact) mass is 377 g/mol. The number of ether oxygens (including phenoxy) is 1. The molecule has 1 unspecified atom stereocenters. The molecule has 1 saturated heterocycles. The molecule has 1 aromatic carbocycles. The van der Waals surface area contributed by atoms with E-state index in [1.54, 1.807) is 29.4 Å². The van der Waals surface area contributed by atoms with Gasteiger partial charge >= 0.3 is 0 Å². The van der Waals surface area contributed by atoms with Gasteiger partial charge in [-0.25, -0.2) is 9.97 Å². The van der Waals surface area contributed by atoms with Crippen molar-refractivity contribution >= 4 is 5.91 Å². The molecular weight excluding hydrogens is 354 g/mol. The second-order valence-electron chi connectivity index (χ2n) is 7.15. The molecule has 0 spiro atoms. The second kappa shape index (κ2) is 7.80. The molecule has 1 aliphatic heterocycles. The summed E-state index contributed by atoms with van der Waals surface area (Å²) in [6.45, 7) is 3.35. The minimum Gasteiger partial charge on any atom is -0.437 e. The molecule has 0 radical (unpaired) electrons. The van der Waals surface area contributed by atoms with Crippen molar-refractivity contribution in [1.82, 2.24) is 24.4 Å². The lowest BCUT2D eigenvalue weighted by atomic mass is 9.95. The largest absolute Gasteiger partial charge is 0.437 e. The summed E-state index contributed by atoms with van der Waals surface area (Å²) in [5, 5.41) is 0. The van der Waals surface area contributed by atoms with Crippen LogP contribution in [0.25, 0.3) is 0 Å². The van der Waals surface area contributed by atoms with Crippen molar-refractivity contribution in [2.45, 2.75) is 25.7 Å². The van der Waals surface area contributed by atoms with E-state index in [0.29, 0.717) is 18.2 Å². The average molecular weight is 377 g/mol. The molecule has 0 saturated carbocycles. The minimum atomic E-state index is -0.0441. The molecule has 144 valence electrons. The Labute approximate surface area is 164 Å². The molecular formula is C21H23N5O2. The molecule has 2 aromatic heterocycles. The lowest BCUT2D eigenvalue weighted by molar-refractivity contribution is 0.0689. The topological polar surface area (TPSA) is 73.1 Å². The number of hydrogen-bond donors (Lipinski definition) is 0. The van der Waals surface area contributed by atoms with Gasteiger partial charge in [-0.1, -0.05) is 12.1 Å². The number of hydrogen-bond acceptors (Lipinski definition) is 5. The number of rotatable bonds is 4. The summed E-state index contributed by atoms with van der Waals surface area (Å²) in [5.41, 5.74) is 1.97. The first-order valence-electron chi connectivity index (χ1n) is 9.43. The summed E-state index contributed by atoms with van der Waals surface area (Å²) in [6.07, 6.45) is 8.70. The summed E-state index contributed by atoms with van der Waals surface area (Å²) in [5.74, 6) is 1.75. The number of nitrogens with zero attached hydrogens (tertiary/aromatic N) is 5. The zero-order valence-electron chi connectivity index (χ0n) is 16.1. The smallest absolute Gasteiger partial charge is 0.289 e. The van der Waals surface area contributed by atoms with Gasteiger partial charge in [-0.2, -0.15) is 0 Å². The number of carbonyl (C=O) groups is 1. The van der Waals surface area contributed by atoms with E-state index in [4.69, 9.17) is 4.74 Å². The van der Waals surface area contributed by atoms with Gasteiger partial charge in [0.15, 0.2) is 5.82 Å². The second-order valence-corrected chi connectivity index (χ2v) is 7.15. The molecule has 1 amide bonds. The number of imidazole rings is 1. The maximum absolute atomic E-state index is 12.8. The van der Waals surface area contributed by atoms with Crippen LogP contribution in [0.5, 0.6) is 11.6 Å². The van der Waals surface area contributed by atoms with Gasteiger partial charge in [0.05, 0.1) is 11.9 Å². The van der Waals surface area contributed by atoms with Crippen molar-refractivity contribution < 1.29 is 9.53 Å². The molecule has 0 N–H and O–H groups in total. The van der Waals surface area contributed by atoms with Gasteiger partial charge in [-0.3, -0.25) is 9.78 Å². The van der Waals surface area contributed by atoms with Crippen molar-refractivity contribution in [2.24, 2.45) is 7.05 Å². The highest BCUT2D eigenvalue weighted by Crippen LogP contribution is 2.28. The highest BCUT2D eigenvalue weighted by atomic mass is 16.5. The molecule has 7 nitrogen and oxygen atoms in total. The minimum absolute atomic E-state index is 0.0441. The van der Waals surface area contributed by atoms with Crippen LogP contribution < -0.4 is 4.74 Å². The zero-order valence-corrected chi connectivity index (χ0v) is 16.1. The lowest BCUT2D eigenvalue weighted by Crippen LogP contribution is -2.40. The molecule has 7 heteroatoms. The molecule has 1 atom stereocenters. The van der Waals surface area contributed by atoms with Crippen LogP contribution in [0.15, 0.2) is 49.1 Å². The van der Waals surface area contributed by atoms with Crippen LogP contribution in [-0.4, -0.2) is 43.4 Å². The van der Waals surface area contributed by atoms with Crippen LogP contribution in [0.2, 0.25) is 0 Å².